The summed E-state index contributed by atoms with van der Waals surface area (Å²) in [7, 11) is 1.78. The number of benzene rings is 1. The van der Waals surface area contributed by atoms with Crippen LogP contribution in [0.25, 0.3) is 0 Å². The Bertz CT molecular complexity index is 753. The third-order valence-corrected chi connectivity index (χ3v) is 4.81. The Kier molecular flexibility index (Phi) is 6.17. The number of halogens is 1. The summed E-state index contributed by atoms with van der Waals surface area (Å²) in [6.07, 6.45) is 2.35. The molecule has 1 fully saturated rings. The van der Waals surface area contributed by atoms with Crippen LogP contribution >= 0.6 is 11.6 Å². The molecule has 0 unspecified atom stereocenters. The van der Waals surface area contributed by atoms with Gasteiger partial charge in [-0.05, 0) is 30.2 Å². The molecule has 1 N–H and O–H groups in total. The minimum Gasteiger partial charge on any atom is -0.459 e. The second kappa shape index (κ2) is 8.76. The molecule has 1 saturated heterocycles. The van der Waals surface area contributed by atoms with Gasteiger partial charge in [0.1, 0.15) is 0 Å². The summed E-state index contributed by atoms with van der Waals surface area (Å²) in [5.41, 5.74) is 1.12. The smallest absolute Gasteiger partial charge is 0.289 e. The Balaban J connectivity index is 1.48. The number of piperazine rings is 1. The monoisotopic (exact) mass is 374 g/mol. The Labute approximate surface area is 158 Å². The normalized spacial score (nSPS) is 15.2. The van der Waals surface area contributed by atoms with Crippen LogP contribution in [-0.2, 0) is 6.42 Å². The van der Waals surface area contributed by atoms with Gasteiger partial charge in [-0.25, -0.2) is 0 Å². The maximum absolute atomic E-state index is 12.3. The first-order valence-corrected chi connectivity index (χ1v) is 9.08. The number of hydrogen-bond donors (Lipinski definition) is 1. The van der Waals surface area contributed by atoms with Crippen molar-refractivity contribution in [2.75, 3.05) is 39.8 Å². The molecule has 0 saturated carbocycles. The lowest BCUT2D eigenvalue weighted by Crippen LogP contribution is -2.54. The summed E-state index contributed by atoms with van der Waals surface area (Å²) in [6, 6.07) is 11.3. The summed E-state index contributed by atoms with van der Waals surface area (Å²) < 4.78 is 5.20. The molecule has 0 radical (unpaired) electrons. The number of carbonyl (C=O) groups is 1. The van der Waals surface area contributed by atoms with E-state index in [1.165, 1.54) is 6.26 Å². The van der Waals surface area contributed by atoms with E-state index in [-0.39, 0.29) is 5.91 Å². The van der Waals surface area contributed by atoms with Crippen LogP contribution in [0.3, 0.4) is 0 Å². The zero-order valence-corrected chi connectivity index (χ0v) is 15.6. The summed E-state index contributed by atoms with van der Waals surface area (Å²) in [6.45, 7) is 3.51. The fourth-order valence-corrected chi connectivity index (χ4v) is 3.25. The molecule has 0 bridgehead atoms. The number of amides is 1. The molecule has 3 rings (SSSR count). The van der Waals surface area contributed by atoms with Gasteiger partial charge in [-0.3, -0.25) is 9.79 Å². The van der Waals surface area contributed by atoms with E-state index in [1.807, 2.05) is 29.2 Å². The molecule has 1 aromatic carbocycles. The van der Waals surface area contributed by atoms with Gasteiger partial charge in [0.2, 0.25) is 0 Å². The van der Waals surface area contributed by atoms with Crippen LogP contribution in [0.15, 0.2) is 52.1 Å². The molecule has 26 heavy (non-hydrogen) atoms. The van der Waals surface area contributed by atoms with Gasteiger partial charge in [0.05, 0.1) is 6.26 Å². The summed E-state index contributed by atoms with van der Waals surface area (Å²) in [5, 5.41) is 4.17. The first kappa shape index (κ1) is 18.3. The highest BCUT2D eigenvalue weighted by Gasteiger charge is 2.25. The molecule has 1 aromatic heterocycles. The molecule has 2 aromatic rings. The number of furan rings is 1. The van der Waals surface area contributed by atoms with Gasteiger partial charge >= 0.3 is 0 Å². The summed E-state index contributed by atoms with van der Waals surface area (Å²) in [5.74, 6) is 1.18. The molecule has 7 heteroatoms. The number of nitrogens with one attached hydrogen (secondary N) is 1. The number of carbonyl (C=O) groups excluding carboxylic acids is 1. The molecule has 0 atom stereocenters. The SMILES string of the molecule is CN=C(NCCc1ccccc1Cl)N1CCN(C(=O)c2ccco2)CC1. The minimum atomic E-state index is -0.0590. The molecule has 1 aliphatic heterocycles. The van der Waals surface area contributed by atoms with Crippen molar-refractivity contribution < 1.29 is 9.21 Å². The third kappa shape index (κ3) is 4.38. The van der Waals surface area contributed by atoms with Crippen LogP contribution in [0.5, 0.6) is 0 Å². The Morgan fingerprint density at radius 1 is 1.15 bits per heavy atom. The van der Waals surface area contributed by atoms with Crippen LogP contribution < -0.4 is 5.32 Å². The van der Waals surface area contributed by atoms with Gasteiger partial charge in [0, 0.05) is 44.8 Å². The van der Waals surface area contributed by atoms with Crippen molar-refractivity contribution in [3.8, 4) is 0 Å². The number of hydrogen-bond acceptors (Lipinski definition) is 3. The topological polar surface area (TPSA) is 61.1 Å². The van der Waals surface area contributed by atoms with Crippen molar-refractivity contribution in [1.82, 2.24) is 15.1 Å². The standard InChI is InChI=1S/C19H23ClN4O2/c1-21-19(22-9-8-15-5-2-3-6-16(15)20)24-12-10-23(11-13-24)18(25)17-7-4-14-26-17/h2-7,14H,8-13H2,1H3,(H,21,22). The molecule has 0 aliphatic carbocycles. The maximum atomic E-state index is 12.3. The van der Waals surface area contributed by atoms with Crippen LogP contribution in [0.1, 0.15) is 16.1 Å². The highest BCUT2D eigenvalue weighted by atomic mass is 35.5. The third-order valence-electron chi connectivity index (χ3n) is 4.45. The van der Waals surface area contributed by atoms with Crippen LogP contribution in [-0.4, -0.2) is 61.4 Å². The second-order valence-corrected chi connectivity index (χ2v) is 6.48. The molecule has 1 amide bonds. The largest absolute Gasteiger partial charge is 0.459 e. The zero-order chi connectivity index (χ0) is 18.4. The van der Waals surface area contributed by atoms with Gasteiger partial charge in [-0.1, -0.05) is 29.8 Å². The van der Waals surface area contributed by atoms with Gasteiger partial charge < -0.3 is 19.5 Å². The highest BCUT2D eigenvalue weighted by Crippen LogP contribution is 2.15. The Morgan fingerprint density at radius 2 is 1.88 bits per heavy atom. The van der Waals surface area contributed by atoms with Crippen molar-refractivity contribution in [2.24, 2.45) is 4.99 Å². The minimum absolute atomic E-state index is 0.0590. The molecular formula is C19H23ClN4O2. The van der Waals surface area contributed by atoms with E-state index in [9.17, 15) is 4.79 Å². The van der Waals surface area contributed by atoms with E-state index in [2.05, 4.69) is 15.2 Å². The quantitative estimate of drug-likeness (QED) is 0.659. The van der Waals surface area contributed by atoms with Gasteiger partial charge in [0.25, 0.3) is 5.91 Å². The first-order chi connectivity index (χ1) is 12.7. The van der Waals surface area contributed by atoms with Crippen molar-refractivity contribution in [3.05, 3.63) is 59.0 Å². The van der Waals surface area contributed by atoms with Crippen molar-refractivity contribution in [3.63, 3.8) is 0 Å². The summed E-state index contributed by atoms with van der Waals surface area (Å²) in [4.78, 5) is 20.7. The molecule has 2 heterocycles. The average Bonchev–Trinajstić information content (AvgIpc) is 3.21. The lowest BCUT2D eigenvalue weighted by Gasteiger charge is -2.36. The molecule has 6 nitrogen and oxygen atoms in total. The van der Waals surface area contributed by atoms with Crippen LogP contribution in [0.4, 0.5) is 0 Å². The van der Waals surface area contributed by atoms with Gasteiger partial charge in [0.15, 0.2) is 11.7 Å². The molecule has 1 aliphatic rings. The van der Waals surface area contributed by atoms with E-state index in [0.717, 1.165) is 42.6 Å². The Morgan fingerprint density at radius 3 is 2.54 bits per heavy atom. The highest BCUT2D eigenvalue weighted by molar-refractivity contribution is 6.31. The lowest BCUT2D eigenvalue weighted by molar-refractivity contribution is 0.0658. The second-order valence-electron chi connectivity index (χ2n) is 6.07. The van der Waals surface area contributed by atoms with E-state index in [1.54, 1.807) is 19.2 Å². The summed E-state index contributed by atoms with van der Waals surface area (Å²) >= 11 is 6.20. The average molecular weight is 375 g/mol. The Hall–Kier alpha value is -2.47. The number of rotatable bonds is 4. The molecule has 138 valence electrons. The number of nitrogens with zero attached hydrogens (tertiary/aromatic N) is 3. The van der Waals surface area contributed by atoms with Crippen molar-refractivity contribution >= 4 is 23.5 Å². The van der Waals surface area contributed by atoms with Crippen molar-refractivity contribution in [2.45, 2.75) is 6.42 Å². The van der Waals surface area contributed by atoms with E-state index < -0.39 is 0 Å². The zero-order valence-electron chi connectivity index (χ0n) is 14.8. The van der Waals surface area contributed by atoms with Crippen LogP contribution in [0.2, 0.25) is 5.02 Å². The van der Waals surface area contributed by atoms with Crippen LogP contribution in [0, 0.1) is 0 Å². The fraction of sp³-hybridized carbons (Fsp3) is 0.368. The van der Waals surface area contributed by atoms with Crippen molar-refractivity contribution in [1.29, 1.82) is 0 Å². The van der Waals surface area contributed by atoms with E-state index >= 15 is 0 Å². The number of aliphatic imine (C=N–C) groups is 1. The van der Waals surface area contributed by atoms with Gasteiger partial charge in [-0.2, -0.15) is 0 Å². The number of guanidine groups is 1. The predicted molar refractivity (Wildman–Crippen MR) is 103 cm³/mol. The first-order valence-electron chi connectivity index (χ1n) is 8.71. The molecule has 0 spiro atoms. The van der Waals surface area contributed by atoms with E-state index in [0.29, 0.717) is 18.8 Å². The lowest BCUT2D eigenvalue weighted by atomic mass is 10.1. The maximum Gasteiger partial charge on any atom is 0.289 e. The fourth-order valence-electron chi connectivity index (χ4n) is 3.02. The van der Waals surface area contributed by atoms with Gasteiger partial charge in [-0.15, -0.1) is 0 Å². The predicted octanol–water partition coefficient (Wildman–Crippen LogP) is 2.51. The molecular weight excluding hydrogens is 352 g/mol. The van der Waals surface area contributed by atoms with E-state index in [4.69, 9.17) is 16.0 Å².